The van der Waals surface area contributed by atoms with E-state index in [0.29, 0.717) is 36.2 Å². The van der Waals surface area contributed by atoms with Gasteiger partial charge in [0.1, 0.15) is 19.3 Å². The number of sulfonamides is 1. The summed E-state index contributed by atoms with van der Waals surface area (Å²) in [5.41, 5.74) is 0.282. The Labute approximate surface area is 190 Å². The van der Waals surface area contributed by atoms with Crippen LogP contribution in [0.3, 0.4) is 0 Å². The van der Waals surface area contributed by atoms with Gasteiger partial charge in [-0.05, 0) is 36.2 Å². The van der Waals surface area contributed by atoms with Gasteiger partial charge >= 0.3 is 5.97 Å². The van der Waals surface area contributed by atoms with E-state index in [2.05, 4.69) is 4.72 Å². The van der Waals surface area contributed by atoms with Crippen molar-refractivity contribution in [2.45, 2.75) is 24.8 Å². The number of rotatable bonds is 8. The largest absolute Gasteiger partial charge is 0.486 e. The molecule has 0 saturated heterocycles. The van der Waals surface area contributed by atoms with Crippen molar-refractivity contribution in [3.63, 3.8) is 0 Å². The highest BCUT2D eigenvalue weighted by Gasteiger charge is 2.31. The van der Waals surface area contributed by atoms with E-state index in [1.165, 1.54) is 30.3 Å². The maximum Gasteiger partial charge on any atom is 0.324 e. The van der Waals surface area contributed by atoms with Crippen LogP contribution >= 0.6 is 0 Å². The quantitative estimate of drug-likeness (QED) is 0.448. The number of carbonyl (C=O) groups excluding carboxylic acids is 2. The first-order chi connectivity index (χ1) is 15.7. The Morgan fingerprint density at radius 3 is 2.33 bits per heavy atom. The molecule has 33 heavy (non-hydrogen) atoms. The van der Waals surface area contributed by atoms with Crippen LogP contribution in [0.2, 0.25) is 0 Å². The van der Waals surface area contributed by atoms with E-state index < -0.39 is 40.3 Å². The molecule has 0 amide bonds. The highest BCUT2D eigenvalue weighted by atomic mass is 32.2. The summed E-state index contributed by atoms with van der Waals surface area (Å²) in [5.74, 6) is -0.0512. The van der Waals surface area contributed by atoms with Crippen molar-refractivity contribution in [3.05, 3.63) is 42.0 Å². The second kappa shape index (κ2) is 9.28. The topological polar surface area (TPSA) is 126 Å². The minimum absolute atomic E-state index is 0.0710. The van der Waals surface area contributed by atoms with Crippen LogP contribution in [-0.4, -0.2) is 52.8 Å². The fourth-order valence-electron chi connectivity index (χ4n) is 3.26. The number of nitrogens with one attached hydrogen (secondary N) is 1. The SMILES string of the molecule is CC(C)[C@H](NS(=O)(=O)c1ccc2c(c1)OCCO2)C(=O)OCC(=O)c1ccc2c(c1)OCO2. The summed E-state index contributed by atoms with van der Waals surface area (Å²) in [6, 6.07) is 7.63. The molecule has 2 aliphatic heterocycles. The Bertz CT molecular complexity index is 1180. The average Bonchev–Trinajstić information content (AvgIpc) is 3.28. The lowest BCUT2D eigenvalue weighted by Crippen LogP contribution is -2.45. The number of carbonyl (C=O) groups is 2. The van der Waals surface area contributed by atoms with Crippen LogP contribution in [0.1, 0.15) is 24.2 Å². The van der Waals surface area contributed by atoms with Crippen LogP contribution in [0.15, 0.2) is 41.3 Å². The van der Waals surface area contributed by atoms with Gasteiger partial charge in [0.05, 0.1) is 4.90 Å². The number of fused-ring (bicyclic) bond motifs is 2. The average molecular weight is 477 g/mol. The first kappa shape index (κ1) is 22.9. The maximum atomic E-state index is 12.9. The van der Waals surface area contributed by atoms with Crippen molar-refractivity contribution in [1.29, 1.82) is 0 Å². The molecule has 0 bridgehead atoms. The van der Waals surface area contributed by atoms with Gasteiger partial charge in [-0.25, -0.2) is 8.42 Å². The van der Waals surface area contributed by atoms with Crippen LogP contribution in [0, 0.1) is 5.92 Å². The Kier molecular flexibility index (Phi) is 6.43. The Morgan fingerprint density at radius 1 is 0.939 bits per heavy atom. The van der Waals surface area contributed by atoms with E-state index in [4.69, 9.17) is 23.7 Å². The third-order valence-electron chi connectivity index (χ3n) is 5.07. The van der Waals surface area contributed by atoms with Crippen LogP contribution in [0.5, 0.6) is 23.0 Å². The monoisotopic (exact) mass is 477 g/mol. The fourth-order valence-corrected chi connectivity index (χ4v) is 4.61. The molecule has 2 aliphatic rings. The number of Topliss-reactive ketones (excluding diaryl/α,β-unsaturated/α-hetero) is 1. The van der Waals surface area contributed by atoms with E-state index in [0.717, 1.165) is 0 Å². The predicted molar refractivity (Wildman–Crippen MR) is 114 cm³/mol. The van der Waals surface area contributed by atoms with Gasteiger partial charge in [0.25, 0.3) is 0 Å². The summed E-state index contributed by atoms with van der Waals surface area (Å²) in [4.78, 5) is 25.0. The molecule has 2 aromatic carbocycles. The van der Waals surface area contributed by atoms with E-state index in [-0.39, 0.29) is 17.3 Å². The van der Waals surface area contributed by atoms with E-state index in [9.17, 15) is 18.0 Å². The first-order valence-corrected chi connectivity index (χ1v) is 11.7. The summed E-state index contributed by atoms with van der Waals surface area (Å²) >= 11 is 0. The lowest BCUT2D eigenvalue weighted by Gasteiger charge is -2.22. The number of hydrogen-bond donors (Lipinski definition) is 1. The molecule has 2 aromatic rings. The molecule has 11 heteroatoms. The second-order valence-electron chi connectivity index (χ2n) is 7.75. The third kappa shape index (κ3) is 5.04. The molecule has 10 nitrogen and oxygen atoms in total. The number of ether oxygens (including phenoxy) is 5. The lowest BCUT2D eigenvalue weighted by molar-refractivity contribution is -0.145. The molecule has 1 atom stereocenters. The standard InChI is InChI=1S/C22H23NO9S/c1-13(2)21(23-33(26,27)15-4-6-17-20(10-15)29-8-7-28-17)22(25)30-11-16(24)14-3-5-18-19(9-14)32-12-31-18/h3-6,9-10,13,21,23H,7-8,11-12H2,1-2H3/t21-/m0/s1. The molecular formula is C22H23NO9S. The molecule has 0 aliphatic carbocycles. The number of esters is 1. The van der Waals surface area contributed by atoms with Gasteiger partial charge in [-0.3, -0.25) is 9.59 Å². The summed E-state index contributed by atoms with van der Waals surface area (Å²) in [6.07, 6.45) is 0. The molecule has 0 saturated carbocycles. The molecule has 0 aromatic heterocycles. The maximum absolute atomic E-state index is 12.9. The van der Waals surface area contributed by atoms with Gasteiger partial charge in [-0.1, -0.05) is 13.8 Å². The summed E-state index contributed by atoms with van der Waals surface area (Å²) in [6.45, 7) is 3.54. The van der Waals surface area contributed by atoms with Gasteiger partial charge < -0.3 is 23.7 Å². The van der Waals surface area contributed by atoms with Crippen molar-refractivity contribution >= 4 is 21.8 Å². The van der Waals surface area contributed by atoms with Gasteiger partial charge in [0, 0.05) is 11.6 Å². The zero-order chi connectivity index (χ0) is 23.6. The summed E-state index contributed by atoms with van der Waals surface area (Å²) in [7, 11) is -4.08. The zero-order valence-corrected chi connectivity index (χ0v) is 18.8. The number of hydrogen-bond acceptors (Lipinski definition) is 9. The Balaban J connectivity index is 1.42. The lowest BCUT2D eigenvalue weighted by atomic mass is 10.1. The van der Waals surface area contributed by atoms with Crippen LogP contribution in [0.25, 0.3) is 0 Å². The molecule has 2 heterocycles. The summed E-state index contributed by atoms with van der Waals surface area (Å²) in [5, 5.41) is 0. The molecule has 0 radical (unpaired) electrons. The normalized spacial score (nSPS) is 15.2. The van der Waals surface area contributed by atoms with Crippen LogP contribution in [-0.2, 0) is 19.6 Å². The Hall–Kier alpha value is -3.31. The number of ketones is 1. The van der Waals surface area contributed by atoms with Crippen molar-refractivity contribution in [2.24, 2.45) is 5.92 Å². The van der Waals surface area contributed by atoms with Gasteiger partial charge in [0.2, 0.25) is 16.8 Å². The van der Waals surface area contributed by atoms with Crippen molar-refractivity contribution in [1.82, 2.24) is 4.72 Å². The van der Waals surface area contributed by atoms with Crippen molar-refractivity contribution < 1.29 is 41.7 Å². The third-order valence-corrected chi connectivity index (χ3v) is 6.51. The minimum atomic E-state index is -4.08. The van der Waals surface area contributed by atoms with E-state index >= 15 is 0 Å². The molecule has 0 spiro atoms. The molecule has 0 fully saturated rings. The number of benzene rings is 2. The molecular weight excluding hydrogens is 454 g/mol. The highest BCUT2D eigenvalue weighted by molar-refractivity contribution is 7.89. The van der Waals surface area contributed by atoms with E-state index in [1.54, 1.807) is 19.9 Å². The van der Waals surface area contributed by atoms with Gasteiger partial charge in [0.15, 0.2) is 35.4 Å². The first-order valence-electron chi connectivity index (χ1n) is 10.3. The van der Waals surface area contributed by atoms with Gasteiger partial charge in [-0.15, -0.1) is 0 Å². The molecule has 176 valence electrons. The van der Waals surface area contributed by atoms with Crippen molar-refractivity contribution in [3.8, 4) is 23.0 Å². The molecule has 1 N–H and O–H groups in total. The zero-order valence-electron chi connectivity index (χ0n) is 18.0. The van der Waals surface area contributed by atoms with Crippen molar-refractivity contribution in [2.75, 3.05) is 26.6 Å². The van der Waals surface area contributed by atoms with Crippen LogP contribution in [0.4, 0.5) is 0 Å². The smallest absolute Gasteiger partial charge is 0.324 e. The highest BCUT2D eigenvalue weighted by Crippen LogP contribution is 2.33. The molecule has 0 unspecified atom stereocenters. The summed E-state index contributed by atoms with van der Waals surface area (Å²) < 4.78 is 54.6. The second-order valence-corrected chi connectivity index (χ2v) is 9.46. The van der Waals surface area contributed by atoms with Crippen LogP contribution < -0.4 is 23.7 Å². The predicted octanol–water partition coefficient (Wildman–Crippen LogP) is 1.92. The van der Waals surface area contributed by atoms with Gasteiger partial charge in [-0.2, -0.15) is 4.72 Å². The Morgan fingerprint density at radius 2 is 1.58 bits per heavy atom. The fraction of sp³-hybridized carbons (Fsp3) is 0.364. The molecule has 4 rings (SSSR count). The van der Waals surface area contributed by atoms with E-state index in [1.807, 2.05) is 0 Å². The minimum Gasteiger partial charge on any atom is -0.486 e.